The van der Waals surface area contributed by atoms with E-state index in [4.69, 9.17) is 4.74 Å². The van der Waals surface area contributed by atoms with Crippen molar-refractivity contribution in [2.45, 2.75) is 26.3 Å². The molecule has 0 fully saturated rings. The minimum absolute atomic E-state index is 0.00514. The molecule has 0 bridgehead atoms. The third kappa shape index (κ3) is 6.76. The first-order chi connectivity index (χ1) is 8.96. The molecule has 7 nitrogen and oxygen atoms in total. The number of carbonyl (C=O) groups is 3. The van der Waals surface area contributed by atoms with Crippen LogP contribution in [0.4, 0.5) is 0 Å². The molecule has 0 spiro atoms. The molecule has 0 heterocycles. The van der Waals surface area contributed by atoms with Crippen molar-refractivity contribution in [3.8, 4) is 0 Å². The average molecular weight is 275 g/mol. The van der Waals surface area contributed by atoms with Crippen LogP contribution >= 0.6 is 0 Å². The van der Waals surface area contributed by atoms with Gasteiger partial charge in [-0.05, 0) is 12.8 Å². The maximum atomic E-state index is 11.6. The summed E-state index contributed by atoms with van der Waals surface area (Å²) in [4.78, 5) is 34.3. The molecule has 0 saturated carbocycles. The Hall–Kier alpha value is -1.63. The average Bonchev–Trinajstić information content (AvgIpc) is 2.41. The van der Waals surface area contributed by atoms with Crippen LogP contribution in [0.2, 0.25) is 0 Å². The van der Waals surface area contributed by atoms with E-state index in [0.717, 1.165) is 0 Å². The molecule has 0 radical (unpaired) electrons. The van der Waals surface area contributed by atoms with Gasteiger partial charge in [0.15, 0.2) is 0 Å². The summed E-state index contributed by atoms with van der Waals surface area (Å²) in [6.07, 6.45) is 0.00514. The summed E-state index contributed by atoms with van der Waals surface area (Å²) in [7, 11) is 2.48. The van der Waals surface area contributed by atoms with Gasteiger partial charge >= 0.3 is 11.9 Å². The van der Waals surface area contributed by atoms with Crippen LogP contribution < -0.4 is 5.32 Å². The van der Waals surface area contributed by atoms with E-state index in [0.29, 0.717) is 6.61 Å². The molecule has 0 aromatic heterocycles. The Bertz CT molecular complexity index is 317. The molecule has 0 rings (SSSR count). The normalized spacial score (nSPS) is 13.3. The molecule has 0 aliphatic heterocycles. The number of carbonyl (C=O) groups excluding carboxylic acids is 3. The maximum absolute atomic E-state index is 11.6. The van der Waals surface area contributed by atoms with Crippen molar-refractivity contribution in [1.29, 1.82) is 0 Å². The van der Waals surface area contributed by atoms with E-state index in [1.165, 1.54) is 14.2 Å². The SMILES string of the molecule is CCOCC(=O)N[C@@H](C(=O)OC)[C@@H](C)CC(=O)OC. The minimum Gasteiger partial charge on any atom is -0.469 e. The fraction of sp³-hybridized carbons (Fsp3) is 0.750. The highest BCUT2D eigenvalue weighted by molar-refractivity contribution is 5.85. The number of amides is 1. The molecular formula is C12H21NO6. The Morgan fingerprint density at radius 2 is 1.79 bits per heavy atom. The quantitative estimate of drug-likeness (QED) is 0.621. The minimum atomic E-state index is -0.906. The molecule has 0 unspecified atom stereocenters. The molecule has 19 heavy (non-hydrogen) atoms. The van der Waals surface area contributed by atoms with E-state index >= 15 is 0 Å². The predicted octanol–water partition coefficient (Wildman–Crippen LogP) is -0.120. The molecule has 2 atom stereocenters. The van der Waals surface area contributed by atoms with Gasteiger partial charge in [0.05, 0.1) is 20.6 Å². The highest BCUT2D eigenvalue weighted by atomic mass is 16.5. The zero-order valence-electron chi connectivity index (χ0n) is 11.7. The molecule has 0 aromatic rings. The second kappa shape index (κ2) is 9.32. The van der Waals surface area contributed by atoms with Gasteiger partial charge in [0.2, 0.25) is 5.91 Å². The van der Waals surface area contributed by atoms with E-state index in [1.807, 2.05) is 0 Å². The highest BCUT2D eigenvalue weighted by Gasteiger charge is 2.29. The summed E-state index contributed by atoms with van der Waals surface area (Å²) < 4.78 is 14.1. The maximum Gasteiger partial charge on any atom is 0.328 e. The lowest BCUT2D eigenvalue weighted by Gasteiger charge is -2.22. The Balaban J connectivity index is 4.58. The lowest BCUT2D eigenvalue weighted by molar-refractivity contribution is -0.149. The van der Waals surface area contributed by atoms with Gasteiger partial charge in [0, 0.05) is 6.61 Å². The second-order valence-electron chi connectivity index (χ2n) is 3.96. The van der Waals surface area contributed by atoms with Crippen molar-refractivity contribution in [3.63, 3.8) is 0 Å². The lowest BCUT2D eigenvalue weighted by atomic mass is 9.98. The van der Waals surface area contributed by atoms with Gasteiger partial charge < -0.3 is 19.5 Å². The number of methoxy groups -OCH3 is 2. The number of hydrogen-bond donors (Lipinski definition) is 1. The molecule has 110 valence electrons. The Morgan fingerprint density at radius 1 is 1.16 bits per heavy atom. The summed E-state index contributed by atoms with van der Waals surface area (Å²) in [5.41, 5.74) is 0. The van der Waals surface area contributed by atoms with Gasteiger partial charge in [-0.15, -0.1) is 0 Å². The molecular weight excluding hydrogens is 254 g/mol. The van der Waals surface area contributed by atoms with Crippen molar-refractivity contribution in [2.24, 2.45) is 5.92 Å². The third-order valence-corrected chi connectivity index (χ3v) is 2.49. The lowest BCUT2D eigenvalue weighted by Crippen LogP contribution is -2.47. The van der Waals surface area contributed by atoms with Crippen LogP contribution in [0, 0.1) is 5.92 Å². The highest BCUT2D eigenvalue weighted by Crippen LogP contribution is 2.11. The van der Waals surface area contributed by atoms with Crippen LogP contribution in [-0.4, -0.2) is 51.3 Å². The number of ether oxygens (including phenoxy) is 3. The Labute approximate surface area is 112 Å². The fourth-order valence-corrected chi connectivity index (χ4v) is 1.43. The van der Waals surface area contributed by atoms with Gasteiger partial charge in [-0.3, -0.25) is 9.59 Å². The van der Waals surface area contributed by atoms with Gasteiger partial charge in [0.25, 0.3) is 0 Å². The molecule has 0 aliphatic rings. The van der Waals surface area contributed by atoms with Gasteiger partial charge in [0.1, 0.15) is 12.6 Å². The first kappa shape index (κ1) is 17.4. The van der Waals surface area contributed by atoms with Crippen molar-refractivity contribution in [2.75, 3.05) is 27.4 Å². The van der Waals surface area contributed by atoms with Crippen molar-refractivity contribution >= 4 is 17.8 Å². The van der Waals surface area contributed by atoms with Crippen LogP contribution in [-0.2, 0) is 28.6 Å². The smallest absolute Gasteiger partial charge is 0.328 e. The van der Waals surface area contributed by atoms with Crippen LogP contribution in [0.25, 0.3) is 0 Å². The van der Waals surface area contributed by atoms with Gasteiger partial charge in [-0.1, -0.05) is 6.92 Å². The third-order valence-electron chi connectivity index (χ3n) is 2.49. The number of nitrogens with one attached hydrogen (secondary N) is 1. The van der Waals surface area contributed by atoms with Crippen LogP contribution in [0.3, 0.4) is 0 Å². The summed E-state index contributed by atoms with van der Waals surface area (Å²) in [6.45, 7) is 3.66. The van der Waals surface area contributed by atoms with E-state index in [2.05, 4.69) is 14.8 Å². The van der Waals surface area contributed by atoms with Crippen LogP contribution in [0.15, 0.2) is 0 Å². The number of hydrogen-bond acceptors (Lipinski definition) is 6. The van der Waals surface area contributed by atoms with Crippen molar-refractivity contribution in [3.05, 3.63) is 0 Å². The summed E-state index contributed by atoms with van der Waals surface area (Å²) in [5, 5.41) is 2.49. The second-order valence-corrected chi connectivity index (χ2v) is 3.96. The number of rotatable bonds is 8. The van der Waals surface area contributed by atoms with Crippen LogP contribution in [0.5, 0.6) is 0 Å². The van der Waals surface area contributed by atoms with E-state index in [9.17, 15) is 14.4 Å². The summed E-state index contributed by atoms with van der Waals surface area (Å²) >= 11 is 0. The van der Waals surface area contributed by atoms with Crippen molar-refractivity contribution < 1.29 is 28.6 Å². The summed E-state index contributed by atoms with van der Waals surface area (Å²) in [5.74, 6) is -1.94. The molecule has 1 amide bonds. The molecule has 0 aromatic carbocycles. The van der Waals surface area contributed by atoms with Crippen molar-refractivity contribution in [1.82, 2.24) is 5.32 Å². The number of esters is 2. The Morgan fingerprint density at radius 3 is 2.26 bits per heavy atom. The Kier molecular flexibility index (Phi) is 8.52. The monoisotopic (exact) mass is 275 g/mol. The predicted molar refractivity (Wildman–Crippen MR) is 66.2 cm³/mol. The topological polar surface area (TPSA) is 90.9 Å². The first-order valence-electron chi connectivity index (χ1n) is 5.97. The van der Waals surface area contributed by atoms with Gasteiger partial charge in [-0.25, -0.2) is 4.79 Å². The zero-order chi connectivity index (χ0) is 14.8. The molecule has 0 saturated heterocycles. The van der Waals surface area contributed by atoms with Gasteiger partial charge in [-0.2, -0.15) is 0 Å². The fourth-order valence-electron chi connectivity index (χ4n) is 1.43. The van der Waals surface area contributed by atoms with E-state index in [1.54, 1.807) is 13.8 Å². The zero-order valence-corrected chi connectivity index (χ0v) is 11.7. The molecule has 1 N–H and O–H groups in total. The summed E-state index contributed by atoms with van der Waals surface area (Å²) in [6, 6.07) is -0.906. The largest absolute Gasteiger partial charge is 0.469 e. The van der Waals surface area contributed by atoms with E-state index < -0.39 is 29.8 Å². The standard InChI is InChI=1S/C12H21NO6/c1-5-19-7-9(14)13-11(12(16)18-4)8(2)6-10(15)17-3/h8,11H,5-7H2,1-4H3,(H,13,14)/t8-,11+/m0/s1. The first-order valence-corrected chi connectivity index (χ1v) is 5.97. The molecule has 7 heteroatoms. The van der Waals surface area contributed by atoms with E-state index in [-0.39, 0.29) is 13.0 Å². The molecule has 0 aliphatic carbocycles. The van der Waals surface area contributed by atoms with Crippen LogP contribution in [0.1, 0.15) is 20.3 Å².